The minimum absolute atomic E-state index is 0.341. The van der Waals surface area contributed by atoms with Gasteiger partial charge in [0.05, 0.1) is 11.6 Å². The Balaban J connectivity index is 1.29. The Morgan fingerprint density at radius 2 is 1.68 bits per heavy atom. The van der Waals surface area contributed by atoms with Crippen LogP contribution in [0.3, 0.4) is 0 Å². The van der Waals surface area contributed by atoms with Crippen molar-refractivity contribution in [2.24, 2.45) is 17.8 Å². The Labute approximate surface area is 191 Å². The second-order valence-electron chi connectivity index (χ2n) is 10.2. The molecule has 31 heavy (non-hydrogen) atoms. The smallest absolute Gasteiger partial charge is 0.180 e. The van der Waals surface area contributed by atoms with E-state index < -0.39 is 0 Å². The maximum atomic E-state index is 6.69. The van der Waals surface area contributed by atoms with Crippen molar-refractivity contribution in [2.45, 2.75) is 71.1 Å². The van der Waals surface area contributed by atoms with Gasteiger partial charge < -0.3 is 14.8 Å². The van der Waals surface area contributed by atoms with Crippen molar-refractivity contribution in [3.8, 4) is 11.5 Å². The highest BCUT2D eigenvalue weighted by Gasteiger charge is 2.50. The molecule has 2 aromatic carbocycles. The molecular formula is C27H34ClNO2. The quantitative estimate of drug-likeness (QED) is 0.497. The highest BCUT2D eigenvalue weighted by molar-refractivity contribution is 6.32. The Morgan fingerprint density at radius 3 is 2.32 bits per heavy atom. The predicted octanol–water partition coefficient (Wildman–Crippen LogP) is 6.68. The number of aryl methyl sites for hydroxylation is 1. The predicted molar refractivity (Wildman–Crippen MR) is 126 cm³/mol. The summed E-state index contributed by atoms with van der Waals surface area (Å²) in [5, 5.41) is 4.59. The lowest BCUT2D eigenvalue weighted by molar-refractivity contribution is -0.0206. The third kappa shape index (κ3) is 4.59. The average molecular weight is 440 g/mol. The first-order chi connectivity index (χ1) is 15.0. The van der Waals surface area contributed by atoms with Gasteiger partial charge in [-0.1, -0.05) is 41.4 Å². The van der Waals surface area contributed by atoms with Crippen LogP contribution in [-0.2, 0) is 13.2 Å². The molecular weight excluding hydrogens is 406 g/mol. The maximum absolute atomic E-state index is 6.69. The van der Waals surface area contributed by atoms with E-state index in [-0.39, 0.29) is 0 Å². The average Bonchev–Trinajstić information content (AvgIpc) is 2.71. The number of ether oxygens (including phenoxy) is 2. The number of hydrogen-bond acceptors (Lipinski definition) is 3. The van der Waals surface area contributed by atoms with Gasteiger partial charge in [-0.2, -0.15) is 0 Å². The van der Waals surface area contributed by atoms with Crippen LogP contribution in [0.2, 0.25) is 5.02 Å². The molecule has 4 heteroatoms. The summed E-state index contributed by atoms with van der Waals surface area (Å²) in [6.45, 7) is 5.99. The largest absolute Gasteiger partial charge is 0.490 e. The van der Waals surface area contributed by atoms with Crippen LogP contribution in [0.4, 0.5) is 0 Å². The number of rotatable bonds is 8. The van der Waals surface area contributed by atoms with Crippen LogP contribution in [0.15, 0.2) is 36.4 Å². The van der Waals surface area contributed by atoms with Crippen LogP contribution >= 0.6 is 11.6 Å². The van der Waals surface area contributed by atoms with Crippen molar-refractivity contribution in [2.75, 3.05) is 6.61 Å². The summed E-state index contributed by atoms with van der Waals surface area (Å²) in [5.41, 5.74) is 3.87. The van der Waals surface area contributed by atoms with Crippen molar-refractivity contribution in [1.82, 2.24) is 5.32 Å². The lowest BCUT2D eigenvalue weighted by Crippen LogP contribution is -2.58. The van der Waals surface area contributed by atoms with E-state index in [1.165, 1.54) is 49.7 Å². The molecule has 4 fully saturated rings. The molecule has 4 bridgehead atoms. The fourth-order valence-electron chi connectivity index (χ4n) is 6.70. The van der Waals surface area contributed by atoms with Crippen LogP contribution in [0.5, 0.6) is 11.5 Å². The molecule has 0 amide bonds. The van der Waals surface area contributed by atoms with Crippen LogP contribution in [0, 0.1) is 24.7 Å². The Morgan fingerprint density at radius 1 is 0.968 bits per heavy atom. The van der Waals surface area contributed by atoms with Gasteiger partial charge in [-0.25, -0.2) is 0 Å². The first-order valence-corrected chi connectivity index (χ1v) is 12.3. The molecule has 4 aliphatic carbocycles. The monoisotopic (exact) mass is 439 g/mol. The van der Waals surface area contributed by atoms with E-state index in [9.17, 15) is 0 Å². The zero-order valence-electron chi connectivity index (χ0n) is 18.8. The third-order valence-electron chi connectivity index (χ3n) is 7.54. The van der Waals surface area contributed by atoms with Gasteiger partial charge in [0.25, 0.3) is 0 Å². The SMILES string of the molecule is CCOc1cc(CNC23CC4CC(CC(C4)C2)C3)cc(Cl)c1OCc1cccc(C)c1. The standard InChI is InChI=1S/C27H34ClNO2/c1-3-30-25-12-23(11-24(28)26(25)31-17-19-6-4-5-18(2)7-19)16-29-27-13-20-8-21(14-27)10-22(9-20)15-27/h4-7,11-12,20-22,29H,3,8-10,13-17H2,1-2H3. The molecule has 4 aliphatic rings. The molecule has 166 valence electrons. The minimum Gasteiger partial charge on any atom is -0.490 e. The second kappa shape index (κ2) is 8.67. The normalized spacial score (nSPS) is 28.7. The third-order valence-corrected chi connectivity index (χ3v) is 7.82. The van der Waals surface area contributed by atoms with Crippen LogP contribution in [-0.4, -0.2) is 12.1 Å². The number of halogens is 1. The Bertz CT molecular complexity index is 906. The number of nitrogens with one attached hydrogen (secondary N) is 1. The van der Waals surface area contributed by atoms with Crippen molar-refractivity contribution >= 4 is 11.6 Å². The van der Waals surface area contributed by atoms with Gasteiger partial charge in [0.15, 0.2) is 11.5 Å². The van der Waals surface area contributed by atoms with E-state index in [1.807, 2.05) is 13.0 Å². The van der Waals surface area contributed by atoms with E-state index in [0.717, 1.165) is 35.6 Å². The summed E-state index contributed by atoms with van der Waals surface area (Å²) < 4.78 is 12.0. The van der Waals surface area contributed by atoms with Crippen molar-refractivity contribution in [3.05, 3.63) is 58.1 Å². The fourth-order valence-corrected chi connectivity index (χ4v) is 6.99. The van der Waals surface area contributed by atoms with Crippen molar-refractivity contribution in [3.63, 3.8) is 0 Å². The summed E-state index contributed by atoms with van der Waals surface area (Å²) in [4.78, 5) is 0. The molecule has 0 saturated heterocycles. The van der Waals surface area contributed by atoms with Gasteiger partial charge in [0, 0.05) is 12.1 Å². The van der Waals surface area contributed by atoms with Gasteiger partial charge in [-0.05, 0) is 93.4 Å². The lowest BCUT2D eigenvalue weighted by Gasteiger charge is -2.57. The first-order valence-electron chi connectivity index (χ1n) is 11.9. The van der Waals surface area contributed by atoms with Gasteiger partial charge in [-0.15, -0.1) is 0 Å². The zero-order valence-corrected chi connectivity index (χ0v) is 19.5. The molecule has 3 nitrogen and oxygen atoms in total. The van der Waals surface area contributed by atoms with Crippen LogP contribution < -0.4 is 14.8 Å². The summed E-state index contributed by atoms with van der Waals surface area (Å²) in [6.07, 6.45) is 8.45. The Kier molecular flexibility index (Phi) is 5.92. The van der Waals surface area contributed by atoms with Gasteiger partial charge >= 0.3 is 0 Å². The molecule has 2 aromatic rings. The minimum atomic E-state index is 0.341. The van der Waals surface area contributed by atoms with Crippen molar-refractivity contribution in [1.29, 1.82) is 0 Å². The fraction of sp³-hybridized carbons (Fsp3) is 0.556. The summed E-state index contributed by atoms with van der Waals surface area (Å²) in [5.74, 6) is 4.21. The van der Waals surface area contributed by atoms with Gasteiger partial charge in [-0.3, -0.25) is 0 Å². The van der Waals surface area contributed by atoms with E-state index in [0.29, 0.717) is 29.5 Å². The Hall–Kier alpha value is -1.71. The van der Waals surface area contributed by atoms with E-state index in [1.54, 1.807) is 0 Å². The highest BCUT2D eigenvalue weighted by Crippen LogP contribution is 2.55. The number of benzene rings is 2. The molecule has 0 atom stereocenters. The van der Waals surface area contributed by atoms with E-state index in [4.69, 9.17) is 21.1 Å². The molecule has 0 radical (unpaired) electrons. The molecule has 0 aliphatic heterocycles. The topological polar surface area (TPSA) is 30.5 Å². The van der Waals surface area contributed by atoms with Crippen molar-refractivity contribution < 1.29 is 9.47 Å². The molecule has 0 spiro atoms. The zero-order chi connectivity index (χ0) is 21.4. The molecule has 6 rings (SSSR count). The van der Waals surface area contributed by atoms with Crippen LogP contribution in [0.1, 0.15) is 62.1 Å². The molecule has 4 saturated carbocycles. The second-order valence-corrected chi connectivity index (χ2v) is 10.6. The van der Waals surface area contributed by atoms with E-state index in [2.05, 4.69) is 42.6 Å². The van der Waals surface area contributed by atoms with Gasteiger partial charge in [0.2, 0.25) is 0 Å². The van der Waals surface area contributed by atoms with E-state index >= 15 is 0 Å². The molecule has 0 aromatic heterocycles. The highest BCUT2D eigenvalue weighted by atomic mass is 35.5. The molecule has 1 N–H and O–H groups in total. The maximum Gasteiger partial charge on any atom is 0.180 e. The van der Waals surface area contributed by atoms with Crippen LogP contribution in [0.25, 0.3) is 0 Å². The first kappa shape index (κ1) is 21.2. The summed E-state index contributed by atoms with van der Waals surface area (Å²) in [6, 6.07) is 12.5. The molecule has 0 unspecified atom stereocenters. The molecule has 0 heterocycles. The lowest BCUT2D eigenvalue weighted by atomic mass is 9.53. The number of hydrogen-bond donors (Lipinski definition) is 1. The summed E-state index contributed by atoms with van der Waals surface area (Å²) in [7, 11) is 0. The van der Waals surface area contributed by atoms with Gasteiger partial charge in [0.1, 0.15) is 6.61 Å². The summed E-state index contributed by atoms with van der Waals surface area (Å²) >= 11 is 6.69.